The van der Waals surface area contributed by atoms with E-state index in [-0.39, 0.29) is 22.1 Å². The maximum Gasteiger partial charge on any atom is 0.340 e. The van der Waals surface area contributed by atoms with Gasteiger partial charge in [-0.25, -0.2) is 22.3 Å². The minimum absolute atomic E-state index is 0.0515. The summed E-state index contributed by atoms with van der Waals surface area (Å²) < 4.78 is 36.5. The van der Waals surface area contributed by atoms with Crippen LogP contribution in [-0.2, 0) is 21.4 Å². The average molecular weight is 472 g/mol. The highest BCUT2D eigenvalue weighted by molar-refractivity contribution is 7.89. The van der Waals surface area contributed by atoms with Crippen molar-refractivity contribution in [1.82, 2.24) is 4.31 Å². The summed E-state index contributed by atoms with van der Waals surface area (Å²) in [5.74, 6) is -0.813. The second kappa shape index (κ2) is 8.38. The van der Waals surface area contributed by atoms with Gasteiger partial charge in [0.05, 0.1) is 15.5 Å². The number of ether oxygens (including phenoxy) is 1. The molecular weight excluding hydrogens is 454 g/mol. The fourth-order valence-electron chi connectivity index (χ4n) is 3.39. The molecule has 3 aromatic carbocycles. The van der Waals surface area contributed by atoms with Crippen molar-refractivity contribution in [3.05, 3.63) is 87.2 Å². The summed E-state index contributed by atoms with van der Waals surface area (Å²) in [5.41, 5.74) is 0.177. The molecule has 0 saturated carbocycles. The molecule has 0 fully saturated rings. The molecule has 32 heavy (non-hydrogen) atoms. The van der Waals surface area contributed by atoms with Crippen molar-refractivity contribution in [2.24, 2.45) is 0 Å². The fraction of sp³-hybridized carbons (Fsp3) is 0.130. The molecule has 0 unspecified atom stereocenters. The Hall–Kier alpha value is -3.20. The second-order valence-corrected chi connectivity index (χ2v) is 9.81. The third-order valence-corrected chi connectivity index (χ3v) is 7.15. The Morgan fingerprint density at radius 2 is 1.81 bits per heavy atom. The maximum absolute atomic E-state index is 12.8. The highest BCUT2D eigenvalue weighted by atomic mass is 35.5. The molecule has 0 amide bonds. The lowest BCUT2D eigenvalue weighted by molar-refractivity contribution is 0.0474. The van der Waals surface area contributed by atoms with Gasteiger partial charge >= 0.3 is 11.6 Å². The summed E-state index contributed by atoms with van der Waals surface area (Å²) in [6.07, 6.45) is 0. The molecule has 1 aromatic heterocycles. The number of hydrogen-bond donors (Lipinski definition) is 0. The van der Waals surface area contributed by atoms with Gasteiger partial charge in [0, 0.05) is 31.1 Å². The Kier molecular flexibility index (Phi) is 5.77. The molecular formula is C23H18ClNO6S. The first kappa shape index (κ1) is 22.0. The van der Waals surface area contributed by atoms with Gasteiger partial charge in [-0.05, 0) is 35.0 Å². The zero-order valence-corrected chi connectivity index (χ0v) is 18.7. The van der Waals surface area contributed by atoms with Crippen LogP contribution in [0.25, 0.3) is 21.7 Å². The number of carbonyl (C=O) groups excluding carboxylic acids is 1. The highest BCUT2D eigenvalue weighted by Gasteiger charge is 2.22. The maximum atomic E-state index is 12.8. The number of carbonyl (C=O) groups is 1. The van der Waals surface area contributed by atoms with Gasteiger partial charge in [-0.3, -0.25) is 0 Å². The van der Waals surface area contributed by atoms with E-state index in [4.69, 9.17) is 20.8 Å². The van der Waals surface area contributed by atoms with Crippen molar-refractivity contribution in [1.29, 1.82) is 0 Å². The molecule has 0 aliphatic carbocycles. The molecule has 7 nitrogen and oxygen atoms in total. The summed E-state index contributed by atoms with van der Waals surface area (Å²) >= 11 is 6.13. The molecule has 0 radical (unpaired) electrons. The van der Waals surface area contributed by atoms with Crippen molar-refractivity contribution < 1.29 is 22.4 Å². The van der Waals surface area contributed by atoms with Crippen LogP contribution >= 0.6 is 11.6 Å². The van der Waals surface area contributed by atoms with Crippen molar-refractivity contribution in [2.45, 2.75) is 11.5 Å². The van der Waals surface area contributed by atoms with Crippen LogP contribution in [-0.4, -0.2) is 32.8 Å². The van der Waals surface area contributed by atoms with Crippen LogP contribution < -0.4 is 5.63 Å². The van der Waals surface area contributed by atoms with E-state index < -0.39 is 21.6 Å². The summed E-state index contributed by atoms with van der Waals surface area (Å²) in [4.78, 5) is 24.7. The van der Waals surface area contributed by atoms with Crippen LogP contribution in [0.2, 0.25) is 5.02 Å². The van der Waals surface area contributed by atoms with Gasteiger partial charge in [0.15, 0.2) is 0 Å². The fourth-order valence-corrected chi connectivity index (χ4v) is 4.51. The number of sulfonamides is 1. The normalized spacial score (nSPS) is 11.9. The van der Waals surface area contributed by atoms with E-state index >= 15 is 0 Å². The lowest BCUT2D eigenvalue weighted by atomic mass is 10.0. The van der Waals surface area contributed by atoms with Gasteiger partial charge in [-0.15, -0.1) is 0 Å². The van der Waals surface area contributed by atoms with Crippen LogP contribution in [0.4, 0.5) is 0 Å². The Bertz CT molecular complexity index is 1530. The number of hydrogen-bond acceptors (Lipinski definition) is 6. The molecule has 164 valence electrons. The summed E-state index contributed by atoms with van der Waals surface area (Å²) in [7, 11) is -0.988. The third kappa shape index (κ3) is 4.00. The number of benzene rings is 3. The summed E-state index contributed by atoms with van der Waals surface area (Å²) in [5, 5.41) is 2.49. The standard InChI is InChI=1S/C23H18ClNO6S/c1-25(2)32(28,29)16-8-9-19(24)18(12-16)23(27)30-13-15-11-21(26)31-20-10-7-14-5-3-4-6-17(14)22(15)20/h3-12H,13H2,1-2H3. The Morgan fingerprint density at radius 1 is 1.06 bits per heavy atom. The molecule has 0 N–H and O–H groups in total. The number of esters is 1. The molecule has 0 saturated heterocycles. The predicted octanol–water partition coefficient (Wildman–Crippen LogP) is 4.21. The van der Waals surface area contributed by atoms with Gasteiger partial charge in [0.2, 0.25) is 10.0 Å². The molecule has 0 aliphatic rings. The van der Waals surface area contributed by atoms with E-state index in [0.29, 0.717) is 16.5 Å². The molecule has 4 rings (SSSR count). The number of fused-ring (bicyclic) bond motifs is 3. The van der Waals surface area contributed by atoms with E-state index in [1.165, 1.54) is 38.4 Å². The van der Waals surface area contributed by atoms with Crippen molar-refractivity contribution in [3.8, 4) is 0 Å². The zero-order valence-electron chi connectivity index (χ0n) is 17.2. The van der Waals surface area contributed by atoms with E-state index in [0.717, 1.165) is 15.1 Å². The lowest BCUT2D eigenvalue weighted by Crippen LogP contribution is -2.22. The highest BCUT2D eigenvalue weighted by Crippen LogP contribution is 2.28. The lowest BCUT2D eigenvalue weighted by Gasteiger charge is -2.13. The smallest absolute Gasteiger partial charge is 0.340 e. The predicted molar refractivity (Wildman–Crippen MR) is 121 cm³/mol. The molecule has 9 heteroatoms. The van der Waals surface area contributed by atoms with Gasteiger partial charge in [0.1, 0.15) is 12.2 Å². The minimum Gasteiger partial charge on any atom is -0.457 e. The summed E-state index contributed by atoms with van der Waals surface area (Å²) in [6, 6.07) is 16.2. The van der Waals surface area contributed by atoms with Crippen LogP contribution in [0, 0.1) is 0 Å². The number of rotatable bonds is 5. The molecule has 0 atom stereocenters. The average Bonchev–Trinajstić information content (AvgIpc) is 2.76. The molecule has 0 bridgehead atoms. The van der Waals surface area contributed by atoms with E-state index in [2.05, 4.69) is 0 Å². The van der Waals surface area contributed by atoms with Crippen LogP contribution in [0.5, 0.6) is 0 Å². The third-order valence-electron chi connectivity index (χ3n) is 5.01. The van der Waals surface area contributed by atoms with Crippen LogP contribution in [0.3, 0.4) is 0 Å². The largest absolute Gasteiger partial charge is 0.457 e. The van der Waals surface area contributed by atoms with Crippen LogP contribution in [0.15, 0.2) is 74.8 Å². The van der Waals surface area contributed by atoms with Gasteiger partial charge in [0.25, 0.3) is 0 Å². The second-order valence-electron chi connectivity index (χ2n) is 7.26. The van der Waals surface area contributed by atoms with Gasteiger partial charge in [-0.2, -0.15) is 0 Å². The first-order valence-corrected chi connectivity index (χ1v) is 11.3. The monoisotopic (exact) mass is 471 g/mol. The first-order chi connectivity index (χ1) is 15.2. The van der Waals surface area contributed by atoms with Gasteiger partial charge in [-0.1, -0.05) is 41.9 Å². The number of halogens is 1. The van der Waals surface area contributed by atoms with Crippen LogP contribution in [0.1, 0.15) is 15.9 Å². The van der Waals surface area contributed by atoms with Crippen molar-refractivity contribution in [3.63, 3.8) is 0 Å². The minimum atomic E-state index is -3.76. The first-order valence-electron chi connectivity index (χ1n) is 9.52. The Labute approximate surface area is 188 Å². The van der Waals surface area contributed by atoms with Crippen molar-refractivity contribution >= 4 is 49.3 Å². The van der Waals surface area contributed by atoms with E-state index in [1.807, 2.05) is 30.3 Å². The number of nitrogens with zero attached hydrogens (tertiary/aromatic N) is 1. The SMILES string of the molecule is CN(C)S(=O)(=O)c1ccc(Cl)c(C(=O)OCc2cc(=O)oc3ccc4ccccc4c23)c1. The zero-order chi connectivity index (χ0) is 23.0. The Morgan fingerprint density at radius 3 is 2.56 bits per heavy atom. The topological polar surface area (TPSA) is 93.9 Å². The van der Waals surface area contributed by atoms with E-state index in [1.54, 1.807) is 6.07 Å². The summed E-state index contributed by atoms with van der Waals surface area (Å²) in [6.45, 7) is -0.226. The van der Waals surface area contributed by atoms with Crippen molar-refractivity contribution in [2.75, 3.05) is 14.1 Å². The molecule has 1 heterocycles. The molecule has 0 aliphatic heterocycles. The molecule has 0 spiro atoms. The quantitative estimate of drug-likeness (QED) is 0.246. The van der Waals surface area contributed by atoms with E-state index in [9.17, 15) is 18.0 Å². The molecule has 4 aromatic rings. The Balaban J connectivity index is 1.71. The van der Waals surface area contributed by atoms with Gasteiger partial charge < -0.3 is 9.15 Å².